The maximum atomic E-state index is 8.85. The Morgan fingerprint density at radius 2 is 1.95 bits per heavy atom. The molecule has 3 nitrogen and oxygen atoms in total. The van der Waals surface area contributed by atoms with Gasteiger partial charge in [-0.05, 0) is 49.7 Å². The van der Waals surface area contributed by atoms with Gasteiger partial charge < -0.3 is 4.90 Å². The molecule has 3 heterocycles. The van der Waals surface area contributed by atoms with Gasteiger partial charge in [0.15, 0.2) is 0 Å². The molecule has 3 heteroatoms. The lowest BCUT2D eigenvalue weighted by Gasteiger charge is -2.41. The summed E-state index contributed by atoms with van der Waals surface area (Å²) >= 11 is 0. The van der Waals surface area contributed by atoms with Crippen LogP contribution in [-0.2, 0) is 0 Å². The van der Waals surface area contributed by atoms with Crippen LogP contribution in [0.5, 0.6) is 0 Å². The van der Waals surface area contributed by atoms with Crippen molar-refractivity contribution in [3.63, 3.8) is 0 Å². The van der Waals surface area contributed by atoms with Gasteiger partial charge in [-0.25, -0.2) is 4.98 Å². The summed E-state index contributed by atoms with van der Waals surface area (Å²) in [5.41, 5.74) is 0.646. The third-order valence-electron chi connectivity index (χ3n) is 4.85. The number of hydrogen-bond acceptors (Lipinski definition) is 3. The maximum absolute atomic E-state index is 8.85. The molecule has 1 aromatic heterocycles. The van der Waals surface area contributed by atoms with Crippen molar-refractivity contribution < 1.29 is 0 Å². The first-order chi connectivity index (χ1) is 9.19. The molecule has 0 radical (unpaired) electrons. The van der Waals surface area contributed by atoms with Crippen molar-refractivity contribution in [2.75, 3.05) is 4.90 Å². The van der Waals surface area contributed by atoms with Crippen molar-refractivity contribution in [1.82, 2.24) is 4.98 Å². The molecule has 0 saturated carbocycles. The topological polar surface area (TPSA) is 39.9 Å². The Morgan fingerprint density at radius 3 is 2.42 bits per heavy atom. The summed E-state index contributed by atoms with van der Waals surface area (Å²) in [5.74, 6) is 2.72. The second-order valence-electron chi connectivity index (χ2n) is 6.28. The zero-order chi connectivity index (χ0) is 13.4. The van der Waals surface area contributed by atoms with E-state index in [0.717, 1.165) is 17.7 Å². The van der Waals surface area contributed by atoms with Crippen LogP contribution in [0.15, 0.2) is 18.3 Å². The molecule has 2 aliphatic rings. The average Bonchev–Trinajstić information content (AvgIpc) is 2.68. The van der Waals surface area contributed by atoms with Crippen LogP contribution in [0.25, 0.3) is 0 Å². The van der Waals surface area contributed by atoms with Gasteiger partial charge in [0.25, 0.3) is 0 Å². The molecule has 3 atom stereocenters. The number of aromatic nitrogens is 1. The number of pyridine rings is 1. The molecule has 1 unspecified atom stereocenters. The highest BCUT2D eigenvalue weighted by Gasteiger charge is 2.41. The van der Waals surface area contributed by atoms with Crippen LogP contribution < -0.4 is 4.90 Å². The molecule has 2 bridgehead atoms. The van der Waals surface area contributed by atoms with E-state index in [-0.39, 0.29) is 0 Å². The lowest BCUT2D eigenvalue weighted by molar-refractivity contribution is 0.267. The number of fused-ring (bicyclic) bond motifs is 2. The molecule has 0 aliphatic carbocycles. The number of nitriles is 1. The highest BCUT2D eigenvalue weighted by Crippen LogP contribution is 2.43. The molecular formula is C16H21N3. The fraction of sp³-hybridized carbons (Fsp3) is 0.625. The SMILES string of the molecule is CC(C)C1C[C@H]2CC[C@@H](C1)N2c1ccc(C#N)cn1. The predicted molar refractivity (Wildman–Crippen MR) is 75.8 cm³/mol. The van der Waals surface area contributed by atoms with Gasteiger partial charge in [0, 0.05) is 18.3 Å². The third-order valence-corrected chi connectivity index (χ3v) is 4.85. The van der Waals surface area contributed by atoms with Crippen molar-refractivity contribution >= 4 is 5.82 Å². The van der Waals surface area contributed by atoms with Crippen LogP contribution >= 0.6 is 0 Å². The summed E-state index contributed by atoms with van der Waals surface area (Å²) in [5, 5.41) is 8.85. The maximum Gasteiger partial charge on any atom is 0.129 e. The van der Waals surface area contributed by atoms with Crippen LogP contribution in [0.1, 0.15) is 45.1 Å². The van der Waals surface area contributed by atoms with Crippen molar-refractivity contribution in [2.45, 2.75) is 51.6 Å². The number of nitrogens with zero attached hydrogens (tertiary/aromatic N) is 3. The van der Waals surface area contributed by atoms with Crippen LogP contribution in [0.3, 0.4) is 0 Å². The van der Waals surface area contributed by atoms with E-state index in [1.807, 2.05) is 12.1 Å². The summed E-state index contributed by atoms with van der Waals surface area (Å²) in [4.78, 5) is 7.00. The monoisotopic (exact) mass is 255 g/mol. The van der Waals surface area contributed by atoms with E-state index in [4.69, 9.17) is 5.26 Å². The van der Waals surface area contributed by atoms with Crippen LogP contribution in [0.2, 0.25) is 0 Å². The molecule has 0 aromatic carbocycles. The Hall–Kier alpha value is -1.56. The summed E-state index contributed by atoms with van der Waals surface area (Å²) in [6.45, 7) is 4.69. The fourth-order valence-electron chi connectivity index (χ4n) is 3.74. The van der Waals surface area contributed by atoms with E-state index in [1.165, 1.54) is 25.7 Å². The molecule has 0 spiro atoms. The number of hydrogen-bond donors (Lipinski definition) is 0. The van der Waals surface area contributed by atoms with Gasteiger partial charge in [-0.3, -0.25) is 0 Å². The molecule has 1 aromatic rings. The van der Waals surface area contributed by atoms with E-state index >= 15 is 0 Å². The predicted octanol–water partition coefficient (Wildman–Crippen LogP) is 3.36. The minimum atomic E-state index is 0.646. The summed E-state index contributed by atoms with van der Waals surface area (Å²) in [7, 11) is 0. The first-order valence-electron chi connectivity index (χ1n) is 7.33. The molecule has 19 heavy (non-hydrogen) atoms. The van der Waals surface area contributed by atoms with Crippen molar-refractivity contribution in [1.29, 1.82) is 5.26 Å². The molecule has 0 amide bonds. The Kier molecular flexibility index (Phi) is 3.18. The highest BCUT2D eigenvalue weighted by atomic mass is 15.3. The molecule has 0 N–H and O–H groups in total. The fourth-order valence-corrected chi connectivity index (χ4v) is 3.74. The number of rotatable bonds is 2. The quantitative estimate of drug-likeness (QED) is 0.813. The molecule has 3 rings (SSSR count). The van der Waals surface area contributed by atoms with Gasteiger partial charge in [0.1, 0.15) is 11.9 Å². The van der Waals surface area contributed by atoms with Gasteiger partial charge in [-0.1, -0.05) is 13.8 Å². The second-order valence-corrected chi connectivity index (χ2v) is 6.28. The van der Waals surface area contributed by atoms with E-state index < -0.39 is 0 Å². The van der Waals surface area contributed by atoms with Crippen molar-refractivity contribution in [3.8, 4) is 6.07 Å². The molecule has 100 valence electrons. The Balaban J connectivity index is 1.81. The first-order valence-corrected chi connectivity index (χ1v) is 7.33. The largest absolute Gasteiger partial charge is 0.351 e. The second kappa shape index (κ2) is 4.85. The Bertz CT molecular complexity index is 472. The smallest absolute Gasteiger partial charge is 0.129 e. The number of piperidine rings is 1. The van der Waals surface area contributed by atoms with E-state index in [0.29, 0.717) is 17.6 Å². The van der Waals surface area contributed by atoms with Crippen molar-refractivity contribution in [2.24, 2.45) is 11.8 Å². The zero-order valence-electron chi connectivity index (χ0n) is 11.7. The minimum Gasteiger partial charge on any atom is -0.351 e. The van der Waals surface area contributed by atoms with Crippen LogP contribution in [0, 0.1) is 23.2 Å². The Morgan fingerprint density at radius 1 is 1.26 bits per heavy atom. The van der Waals surface area contributed by atoms with Gasteiger partial charge >= 0.3 is 0 Å². The zero-order valence-corrected chi connectivity index (χ0v) is 11.7. The third kappa shape index (κ3) is 2.20. The highest BCUT2D eigenvalue weighted by molar-refractivity contribution is 5.46. The van der Waals surface area contributed by atoms with Gasteiger partial charge in [0.2, 0.25) is 0 Å². The standard InChI is InChI=1S/C16H21N3/c1-11(2)13-7-14-4-5-15(8-13)19(14)16-6-3-12(9-17)10-18-16/h3,6,10-11,13-15H,4-5,7-8H2,1-2H3/t13?,14-,15+. The van der Waals surface area contributed by atoms with Gasteiger partial charge in [0.05, 0.1) is 5.56 Å². The minimum absolute atomic E-state index is 0.646. The summed E-state index contributed by atoms with van der Waals surface area (Å²) < 4.78 is 0. The van der Waals surface area contributed by atoms with Gasteiger partial charge in [-0.2, -0.15) is 5.26 Å². The summed E-state index contributed by atoms with van der Waals surface area (Å²) in [6.07, 6.45) is 6.90. The lowest BCUT2D eigenvalue weighted by Crippen LogP contribution is -2.44. The molecule has 2 saturated heterocycles. The van der Waals surface area contributed by atoms with E-state index in [1.54, 1.807) is 6.20 Å². The van der Waals surface area contributed by atoms with Crippen molar-refractivity contribution in [3.05, 3.63) is 23.9 Å². The Labute approximate surface area is 115 Å². The van der Waals surface area contributed by atoms with E-state index in [2.05, 4.69) is 29.8 Å². The molecule has 2 fully saturated rings. The first kappa shape index (κ1) is 12.5. The average molecular weight is 255 g/mol. The molecule has 2 aliphatic heterocycles. The van der Waals surface area contributed by atoms with Crippen LogP contribution in [0.4, 0.5) is 5.82 Å². The lowest BCUT2D eigenvalue weighted by atomic mass is 9.82. The normalized spacial score (nSPS) is 29.6. The van der Waals surface area contributed by atoms with E-state index in [9.17, 15) is 0 Å². The van der Waals surface area contributed by atoms with Crippen LogP contribution in [-0.4, -0.2) is 17.1 Å². The molecular weight excluding hydrogens is 234 g/mol. The summed E-state index contributed by atoms with van der Waals surface area (Å²) in [6, 6.07) is 7.35. The van der Waals surface area contributed by atoms with Gasteiger partial charge in [-0.15, -0.1) is 0 Å². The number of anilines is 1.